The number of esters is 1. The summed E-state index contributed by atoms with van der Waals surface area (Å²) in [5, 5.41) is 9.58. The van der Waals surface area contributed by atoms with Crippen molar-refractivity contribution in [2.45, 2.75) is 6.92 Å². The number of aldehydes is 2. The van der Waals surface area contributed by atoms with E-state index in [1.165, 1.54) is 45.4 Å². The Bertz CT molecular complexity index is 1070. The molecule has 0 unspecified atom stereocenters. The molecule has 0 amide bonds. The van der Waals surface area contributed by atoms with Crippen LogP contribution in [0, 0.1) is 24.7 Å². The Morgan fingerprint density at radius 3 is 1.79 bits per heavy atom. The van der Waals surface area contributed by atoms with Gasteiger partial charge in [-0.1, -0.05) is 11.8 Å². The fraction of sp³-hybridized carbons (Fsp3) is 0.208. The molecule has 0 aromatic heterocycles. The van der Waals surface area contributed by atoms with Crippen LogP contribution in [0.15, 0.2) is 24.3 Å². The predicted octanol–water partition coefficient (Wildman–Crippen LogP) is 2.67. The molecule has 2 aromatic carbocycles. The first-order chi connectivity index (χ1) is 15.9. The quantitative estimate of drug-likeness (QED) is 0.264. The minimum absolute atomic E-state index is 0.0227. The summed E-state index contributed by atoms with van der Waals surface area (Å²) in [5.74, 6) is 4.67. The van der Waals surface area contributed by atoms with Gasteiger partial charge in [-0.15, -0.1) is 12.8 Å². The molecule has 0 atom stereocenters. The average molecular weight is 454 g/mol. The summed E-state index contributed by atoms with van der Waals surface area (Å²) >= 11 is 0. The number of hydrogen-bond acceptors (Lipinski definition) is 9. The third kappa shape index (κ3) is 7.23. The lowest BCUT2D eigenvalue weighted by Crippen LogP contribution is -2.07. The molecule has 0 saturated heterocycles. The molecule has 0 aliphatic rings. The highest BCUT2D eigenvalue weighted by Gasteiger charge is 2.18. The molecule has 0 bridgehead atoms. The van der Waals surface area contributed by atoms with Crippen LogP contribution >= 0.6 is 0 Å². The van der Waals surface area contributed by atoms with Crippen LogP contribution < -0.4 is 23.7 Å². The summed E-state index contributed by atoms with van der Waals surface area (Å²) in [6.45, 7) is 1.33. The molecule has 0 radical (unpaired) electrons. The largest absolute Gasteiger partial charge is 0.504 e. The molecular formula is C24H22O9. The lowest BCUT2D eigenvalue weighted by molar-refractivity contribution is -0.132. The topological polar surface area (TPSA) is 118 Å². The number of phenols is 1. The molecule has 0 aliphatic heterocycles. The zero-order chi connectivity index (χ0) is 24.8. The van der Waals surface area contributed by atoms with Gasteiger partial charge in [0.2, 0.25) is 11.5 Å². The number of ether oxygens (including phenoxy) is 5. The first kappa shape index (κ1) is 26.4. The van der Waals surface area contributed by atoms with Crippen LogP contribution in [0.2, 0.25) is 0 Å². The van der Waals surface area contributed by atoms with Gasteiger partial charge in [0.25, 0.3) is 0 Å². The van der Waals surface area contributed by atoms with E-state index in [0.717, 1.165) is 0 Å². The van der Waals surface area contributed by atoms with E-state index in [1.807, 2.05) is 0 Å². The van der Waals surface area contributed by atoms with Crippen molar-refractivity contribution in [3.63, 3.8) is 0 Å². The van der Waals surface area contributed by atoms with Crippen molar-refractivity contribution in [3.05, 3.63) is 35.4 Å². The lowest BCUT2D eigenvalue weighted by Gasteiger charge is -2.14. The van der Waals surface area contributed by atoms with Crippen LogP contribution in [0.5, 0.6) is 34.5 Å². The summed E-state index contributed by atoms with van der Waals surface area (Å²) in [5.41, 5.74) is 0.329. The number of benzene rings is 2. The van der Waals surface area contributed by atoms with Crippen molar-refractivity contribution in [3.8, 4) is 59.2 Å². The Morgan fingerprint density at radius 2 is 1.36 bits per heavy atom. The summed E-state index contributed by atoms with van der Waals surface area (Å²) in [6.07, 6.45) is 11.2. The molecule has 9 nitrogen and oxygen atoms in total. The van der Waals surface area contributed by atoms with E-state index in [2.05, 4.69) is 11.8 Å². The molecular weight excluding hydrogens is 432 g/mol. The summed E-state index contributed by atoms with van der Waals surface area (Å²) in [4.78, 5) is 32.4. The first-order valence-corrected chi connectivity index (χ1v) is 9.20. The molecule has 0 aliphatic carbocycles. The van der Waals surface area contributed by atoms with Gasteiger partial charge in [0.05, 0.1) is 25.3 Å². The van der Waals surface area contributed by atoms with Crippen LogP contribution in [0.25, 0.3) is 0 Å². The molecule has 0 heterocycles. The van der Waals surface area contributed by atoms with Crippen LogP contribution in [-0.4, -0.2) is 51.1 Å². The number of phenolic OH excluding ortho intramolecular Hbond substituents is 1. The highest BCUT2D eigenvalue weighted by atomic mass is 16.6. The van der Waals surface area contributed by atoms with Crippen molar-refractivity contribution >= 4 is 18.5 Å². The molecule has 0 fully saturated rings. The Kier molecular flexibility index (Phi) is 10.9. The summed E-state index contributed by atoms with van der Waals surface area (Å²) in [7, 11) is 2.74. The minimum atomic E-state index is -0.564. The fourth-order valence-corrected chi connectivity index (χ4v) is 2.42. The minimum Gasteiger partial charge on any atom is -0.504 e. The molecule has 2 aromatic rings. The van der Waals surface area contributed by atoms with Crippen LogP contribution in [0.3, 0.4) is 0 Å². The van der Waals surface area contributed by atoms with Gasteiger partial charge in [-0.05, 0) is 24.3 Å². The molecule has 0 saturated carbocycles. The van der Waals surface area contributed by atoms with Crippen molar-refractivity contribution < 1.29 is 43.2 Å². The fourth-order valence-electron chi connectivity index (χ4n) is 2.42. The van der Waals surface area contributed by atoms with E-state index in [-0.39, 0.29) is 47.3 Å². The Balaban J connectivity index is 0.000000335. The molecule has 33 heavy (non-hydrogen) atoms. The van der Waals surface area contributed by atoms with Gasteiger partial charge in [-0.2, -0.15) is 0 Å². The summed E-state index contributed by atoms with van der Waals surface area (Å²) in [6, 6.07) is 5.92. The monoisotopic (exact) mass is 454 g/mol. The Hall–Kier alpha value is -4.63. The SMILES string of the molecule is C#CCOc1ccc(C=O)c(O)c1OC.C#CCOc1ccc(C=O)c(OC(C)=O)c1OC. The van der Waals surface area contributed by atoms with Crippen LogP contribution in [0.4, 0.5) is 0 Å². The van der Waals surface area contributed by atoms with Gasteiger partial charge in [-0.25, -0.2) is 0 Å². The van der Waals surface area contributed by atoms with E-state index in [9.17, 15) is 19.5 Å². The van der Waals surface area contributed by atoms with Crippen molar-refractivity contribution in [1.29, 1.82) is 0 Å². The Morgan fingerprint density at radius 1 is 0.879 bits per heavy atom. The number of rotatable bonds is 9. The van der Waals surface area contributed by atoms with Crippen LogP contribution in [-0.2, 0) is 4.79 Å². The molecule has 172 valence electrons. The Labute approximate surface area is 191 Å². The molecule has 1 N–H and O–H groups in total. The van der Waals surface area contributed by atoms with Crippen molar-refractivity contribution in [2.24, 2.45) is 0 Å². The van der Waals surface area contributed by atoms with Crippen molar-refractivity contribution in [1.82, 2.24) is 0 Å². The number of hydrogen-bond donors (Lipinski definition) is 1. The summed E-state index contributed by atoms with van der Waals surface area (Å²) < 4.78 is 25.3. The second kappa shape index (κ2) is 13.6. The number of carbonyl (C=O) groups excluding carboxylic acids is 3. The smallest absolute Gasteiger partial charge is 0.308 e. The van der Waals surface area contributed by atoms with E-state index in [1.54, 1.807) is 0 Å². The lowest BCUT2D eigenvalue weighted by atomic mass is 10.2. The third-order valence-corrected chi connectivity index (χ3v) is 3.76. The van der Waals surface area contributed by atoms with Crippen LogP contribution in [0.1, 0.15) is 27.6 Å². The van der Waals surface area contributed by atoms with Gasteiger partial charge in [0.15, 0.2) is 35.6 Å². The normalized spacial score (nSPS) is 9.12. The molecule has 9 heteroatoms. The number of methoxy groups -OCH3 is 2. The van der Waals surface area contributed by atoms with E-state index < -0.39 is 5.97 Å². The second-order valence-corrected chi connectivity index (χ2v) is 5.87. The maximum absolute atomic E-state index is 11.0. The second-order valence-electron chi connectivity index (χ2n) is 5.87. The maximum Gasteiger partial charge on any atom is 0.308 e. The van der Waals surface area contributed by atoms with Gasteiger partial charge < -0.3 is 28.8 Å². The molecule has 2 rings (SSSR count). The highest BCUT2D eigenvalue weighted by Crippen LogP contribution is 2.40. The maximum atomic E-state index is 11.0. The zero-order valence-corrected chi connectivity index (χ0v) is 18.2. The third-order valence-electron chi connectivity index (χ3n) is 3.76. The van der Waals surface area contributed by atoms with Gasteiger partial charge in [-0.3, -0.25) is 14.4 Å². The predicted molar refractivity (Wildman–Crippen MR) is 118 cm³/mol. The van der Waals surface area contributed by atoms with Gasteiger partial charge in [0.1, 0.15) is 13.2 Å². The van der Waals surface area contributed by atoms with Crippen molar-refractivity contribution in [2.75, 3.05) is 27.4 Å². The van der Waals surface area contributed by atoms with E-state index in [0.29, 0.717) is 24.1 Å². The number of carbonyl (C=O) groups is 3. The first-order valence-electron chi connectivity index (χ1n) is 9.20. The number of aromatic hydroxyl groups is 1. The highest BCUT2D eigenvalue weighted by molar-refractivity contribution is 5.85. The molecule has 0 spiro atoms. The van der Waals surface area contributed by atoms with E-state index >= 15 is 0 Å². The zero-order valence-electron chi connectivity index (χ0n) is 18.2. The van der Waals surface area contributed by atoms with E-state index in [4.69, 9.17) is 36.5 Å². The van der Waals surface area contributed by atoms with Gasteiger partial charge in [0, 0.05) is 6.92 Å². The van der Waals surface area contributed by atoms with Gasteiger partial charge >= 0.3 is 5.97 Å². The number of terminal acetylenes is 2. The standard InChI is InChI=1S/C13H12O5.C11H10O4/c1-4-7-17-11-6-5-10(8-14)12(13(11)16-3)18-9(2)15;1-3-6-15-9-5-4-8(7-12)10(13)11(9)14-2/h1,5-6,8H,7H2,2-3H3;1,4-5,7,13H,6H2,2H3. The average Bonchev–Trinajstić information content (AvgIpc) is 2.81.